The molecule has 1 aliphatic rings. The SMILES string of the molecule is CC(C)(C)C1CCC(C(C)(C)C)C1[SiH3]. The summed E-state index contributed by atoms with van der Waals surface area (Å²) < 4.78 is 0. The van der Waals surface area contributed by atoms with Crippen molar-refractivity contribution in [2.24, 2.45) is 22.7 Å². The molecule has 1 fully saturated rings. The third-order valence-corrected chi connectivity index (χ3v) is 5.89. The lowest BCUT2D eigenvalue weighted by Gasteiger charge is -2.36. The first-order chi connectivity index (χ1) is 6.14. The number of hydrogen-bond acceptors (Lipinski definition) is 0. The molecule has 0 N–H and O–H groups in total. The molecule has 1 saturated carbocycles. The van der Waals surface area contributed by atoms with Gasteiger partial charge in [-0.3, -0.25) is 0 Å². The van der Waals surface area contributed by atoms with E-state index in [4.69, 9.17) is 0 Å². The summed E-state index contributed by atoms with van der Waals surface area (Å²) >= 11 is 0. The zero-order valence-corrected chi connectivity index (χ0v) is 13.1. The quantitative estimate of drug-likeness (QED) is 0.541. The van der Waals surface area contributed by atoms with Gasteiger partial charge in [0.2, 0.25) is 0 Å². The molecule has 0 aromatic heterocycles. The van der Waals surface area contributed by atoms with Gasteiger partial charge in [-0.15, -0.1) is 0 Å². The molecule has 14 heavy (non-hydrogen) atoms. The Morgan fingerprint density at radius 3 is 1.21 bits per heavy atom. The van der Waals surface area contributed by atoms with Crippen LogP contribution in [0.3, 0.4) is 0 Å². The van der Waals surface area contributed by atoms with Crippen LogP contribution in [0.1, 0.15) is 54.4 Å². The van der Waals surface area contributed by atoms with E-state index in [0.29, 0.717) is 10.8 Å². The van der Waals surface area contributed by atoms with Gasteiger partial charge in [0, 0.05) is 10.2 Å². The second kappa shape index (κ2) is 3.66. The Balaban J connectivity index is 2.75. The molecule has 2 atom stereocenters. The lowest BCUT2D eigenvalue weighted by Crippen LogP contribution is -2.27. The molecule has 0 spiro atoms. The minimum absolute atomic E-state index is 0.534. The standard InChI is InChI=1S/C13H28Si/c1-12(2,3)9-7-8-10(11(9)14)13(4,5)6/h9-11H,7-8H2,1-6,14H3. The van der Waals surface area contributed by atoms with Crippen LogP contribution in [0.25, 0.3) is 0 Å². The summed E-state index contributed by atoms with van der Waals surface area (Å²) in [7, 11) is 1.38. The predicted octanol–water partition coefficient (Wildman–Crippen LogP) is 3.26. The summed E-state index contributed by atoms with van der Waals surface area (Å²) in [5.41, 5.74) is 2.11. The van der Waals surface area contributed by atoms with Crippen LogP contribution in [0.15, 0.2) is 0 Å². The molecule has 0 bridgehead atoms. The number of rotatable bonds is 0. The maximum atomic E-state index is 2.42. The molecular formula is C13H28Si. The summed E-state index contributed by atoms with van der Waals surface area (Å²) in [6, 6.07) is 0. The van der Waals surface area contributed by atoms with E-state index in [0.717, 1.165) is 17.4 Å². The molecule has 0 amide bonds. The van der Waals surface area contributed by atoms with E-state index in [1.165, 1.54) is 23.1 Å². The molecule has 0 saturated heterocycles. The van der Waals surface area contributed by atoms with Crippen LogP contribution in [0.4, 0.5) is 0 Å². The van der Waals surface area contributed by atoms with Gasteiger partial charge in [0.1, 0.15) is 0 Å². The molecule has 0 aromatic carbocycles. The van der Waals surface area contributed by atoms with Gasteiger partial charge in [-0.2, -0.15) is 0 Å². The summed E-state index contributed by atoms with van der Waals surface area (Å²) in [4.78, 5) is 0. The minimum Gasteiger partial charge on any atom is -0.0599 e. The summed E-state index contributed by atoms with van der Waals surface area (Å²) in [5, 5.41) is 0. The highest BCUT2D eigenvalue weighted by Gasteiger charge is 2.43. The van der Waals surface area contributed by atoms with E-state index in [-0.39, 0.29) is 0 Å². The van der Waals surface area contributed by atoms with Crippen molar-refractivity contribution >= 4 is 10.2 Å². The summed E-state index contributed by atoms with van der Waals surface area (Å²) in [6.07, 6.45) is 2.94. The van der Waals surface area contributed by atoms with E-state index in [2.05, 4.69) is 41.5 Å². The van der Waals surface area contributed by atoms with E-state index >= 15 is 0 Å². The molecule has 1 rings (SSSR count). The summed E-state index contributed by atoms with van der Waals surface area (Å²) in [6.45, 7) is 14.5. The van der Waals surface area contributed by atoms with Crippen molar-refractivity contribution in [2.45, 2.75) is 59.9 Å². The molecule has 0 heterocycles. The fraction of sp³-hybridized carbons (Fsp3) is 1.00. The van der Waals surface area contributed by atoms with Gasteiger partial charge < -0.3 is 0 Å². The van der Waals surface area contributed by atoms with E-state index in [1.54, 1.807) is 0 Å². The third-order valence-electron chi connectivity index (χ3n) is 4.28. The van der Waals surface area contributed by atoms with E-state index in [1.807, 2.05) is 0 Å². The van der Waals surface area contributed by atoms with Crippen LogP contribution in [0.2, 0.25) is 5.54 Å². The molecular weight excluding hydrogens is 184 g/mol. The van der Waals surface area contributed by atoms with Crippen molar-refractivity contribution in [2.75, 3.05) is 0 Å². The molecule has 2 unspecified atom stereocenters. The Bertz CT molecular complexity index is 172. The second-order valence-corrected chi connectivity index (χ2v) is 8.71. The molecule has 0 nitrogen and oxygen atoms in total. The molecule has 0 radical (unpaired) electrons. The second-order valence-electron chi connectivity index (χ2n) is 7.38. The monoisotopic (exact) mass is 212 g/mol. The first-order valence-electron chi connectivity index (χ1n) is 6.14. The van der Waals surface area contributed by atoms with Gasteiger partial charge in [0.05, 0.1) is 0 Å². The van der Waals surface area contributed by atoms with Gasteiger partial charge in [0.15, 0.2) is 0 Å². The fourth-order valence-electron chi connectivity index (χ4n) is 3.61. The summed E-state index contributed by atoms with van der Waals surface area (Å²) in [5.74, 6) is 1.97. The predicted molar refractivity (Wildman–Crippen MR) is 68.8 cm³/mol. The molecule has 1 heteroatoms. The Kier molecular flexibility index (Phi) is 3.21. The van der Waals surface area contributed by atoms with Crippen molar-refractivity contribution in [1.82, 2.24) is 0 Å². The van der Waals surface area contributed by atoms with Crippen LogP contribution in [0.5, 0.6) is 0 Å². The minimum atomic E-state index is 0.534. The average molecular weight is 212 g/mol. The highest BCUT2D eigenvalue weighted by atomic mass is 28.1. The maximum absolute atomic E-state index is 2.42. The zero-order chi connectivity index (χ0) is 11.1. The Morgan fingerprint density at radius 1 is 0.786 bits per heavy atom. The first-order valence-corrected chi connectivity index (χ1v) is 7.29. The third kappa shape index (κ3) is 2.42. The lowest BCUT2D eigenvalue weighted by atomic mass is 9.74. The largest absolute Gasteiger partial charge is 0.0599 e. The molecule has 0 aliphatic heterocycles. The Hall–Kier alpha value is 0.217. The Morgan fingerprint density at radius 2 is 1.07 bits per heavy atom. The van der Waals surface area contributed by atoms with Crippen molar-refractivity contribution in [3.05, 3.63) is 0 Å². The van der Waals surface area contributed by atoms with Crippen LogP contribution >= 0.6 is 0 Å². The highest BCUT2D eigenvalue weighted by Crippen LogP contribution is 2.54. The van der Waals surface area contributed by atoms with Crippen LogP contribution in [-0.4, -0.2) is 10.2 Å². The molecule has 0 aromatic rings. The van der Waals surface area contributed by atoms with Crippen molar-refractivity contribution in [1.29, 1.82) is 0 Å². The zero-order valence-electron chi connectivity index (χ0n) is 11.1. The first kappa shape index (κ1) is 12.3. The van der Waals surface area contributed by atoms with Crippen LogP contribution in [-0.2, 0) is 0 Å². The lowest BCUT2D eigenvalue weighted by molar-refractivity contribution is 0.199. The van der Waals surface area contributed by atoms with Crippen LogP contribution < -0.4 is 0 Å². The normalized spacial score (nSPS) is 35.1. The van der Waals surface area contributed by atoms with Gasteiger partial charge >= 0.3 is 0 Å². The highest BCUT2D eigenvalue weighted by molar-refractivity contribution is 6.12. The van der Waals surface area contributed by atoms with Gasteiger partial charge in [-0.25, -0.2) is 0 Å². The number of hydrogen-bond donors (Lipinski definition) is 0. The van der Waals surface area contributed by atoms with Gasteiger partial charge in [-0.1, -0.05) is 41.5 Å². The fourth-order valence-corrected chi connectivity index (χ4v) is 6.28. The van der Waals surface area contributed by atoms with E-state index in [9.17, 15) is 0 Å². The Labute approximate surface area is 93.3 Å². The van der Waals surface area contributed by atoms with Crippen LogP contribution in [0, 0.1) is 22.7 Å². The van der Waals surface area contributed by atoms with Crippen molar-refractivity contribution < 1.29 is 0 Å². The van der Waals surface area contributed by atoms with Crippen molar-refractivity contribution in [3.63, 3.8) is 0 Å². The van der Waals surface area contributed by atoms with Crippen molar-refractivity contribution in [3.8, 4) is 0 Å². The topological polar surface area (TPSA) is 0 Å². The maximum Gasteiger partial charge on any atom is 0.00748 e. The molecule has 1 aliphatic carbocycles. The smallest absolute Gasteiger partial charge is 0.00748 e. The molecule has 84 valence electrons. The van der Waals surface area contributed by atoms with Gasteiger partial charge in [0.25, 0.3) is 0 Å². The average Bonchev–Trinajstić information content (AvgIpc) is 2.26. The van der Waals surface area contributed by atoms with Gasteiger partial charge in [-0.05, 0) is 41.0 Å². The van der Waals surface area contributed by atoms with E-state index < -0.39 is 0 Å².